The first kappa shape index (κ1) is 47.0. The standard InChI is InChI=1S/C41H75NO4S2/c1-5-7-9-11-13-21-27-36-47-40(44)33-25-19-15-17-23-30-38(46-39(43)32-29-35-42(3)4)31-24-18-16-20-26-34-41(45)48-37-28-22-14-12-10-8-6-2/h21-22,27-28,38H,5-20,23-26,29-37H2,1-4H3/b27-21+,28-22+. The van der Waals surface area contributed by atoms with E-state index in [4.69, 9.17) is 4.74 Å². The van der Waals surface area contributed by atoms with Gasteiger partial charge in [0, 0.05) is 30.8 Å². The van der Waals surface area contributed by atoms with Gasteiger partial charge in [-0.2, -0.15) is 0 Å². The molecule has 0 saturated heterocycles. The predicted molar refractivity (Wildman–Crippen MR) is 213 cm³/mol. The molecule has 0 aliphatic rings. The molecule has 0 spiro atoms. The maximum Gasteiger partial charge on any atom is 0.306 e. The van der Waals surface area contributed by atoms with E-state index in [0.717, 1.165) is 114 Å². The van der Waals surface area contributed by atoms with Crippen LogP contribution < -0.4 is 0 Å². The summed E-state index contributed by atoms with van der Waals surface area (Å²) in [6, 6.07) is 0. The Balaban J connectivity index is 4.11. The van der Waals surface area contributed by atoms with Crippen LogP contribution in [0.4, 0.5) is 0 Å². The average molecular weight is 710 g/mol. The maximum atomic E-state index is 12.5. The lowest BCUT2D eigenvalue weighted by Gasteiger charge is -2.18. The SMILES string of the molecule is CCCCCC/C=C/CSC(=O)CCCCCCCC(CCCCCCCC(=O)SC/C=C/CCCCCC)OC(=O)CCCN(C)C. The fourth-order valence-electron chi connectivity index (χ4n) is 5.57. The molecular formula is C41H75NO4S2. The lowest BCUT2D eigenvalue weighted by Crippen LogP contribution is -2.20. The van der Waals surface area contributed by atoms with Gasteiger partial charge in [-0.3, -0.25) is 14.4 Å². The lowest BCUT2D eigenvalue weighted by atomic mass is 10.0. The molecule has 0 N–H and O–H groups in total. The minimum Gasteiger partial charge on any atom is -0.462 e. The van der Waals surface area contributed by atoms with Gasteiger partial charge in [0.05, 0.1) is 0 Å². The van der Waals surface area contributed by atoms with Crippen LogP contribution in [-0.2, 0) is 19.1 Å². The number of nitrogens with zero attached hydrogens (tertiary/aromatic N) is 1. The molecule has 0 bridgehead atoms. The van der Waals surface area contributed by atoms with E-state index in [2.05, 4.69) is 43.1 Å². The monoisotopic (exact) mass is 710 g/mol. The summed E-state index contributed by atoms with van der Waals surface area (Å²) < 4.78 is 5.95. The first-order valence-corrected chi connectivity index (χ1v) is 21.8. The number of carbonyl (C=O) groups excluding carboxylic acids is 3. The van der Waals surface area contributed by atoms with Crippen molar-refractivity contribution in [3.63, 3.8) is 0 Å². The van der Waals surface area contributed by atoms with E-state index in [9.17, 15) is 14.4 Å². The zero-order chi connectivity index (χ0) is 35.3. The Labute approximate surface area is 306 Å². The van der Waals surface area contributed by atoms with Crippen molar-refractivity contribution >= 4 is 39.7 Å². The fraction of sp³-hybridized carbons (Fsp3) is 0.829. The summed E-state index contributed by atoms with van der Waals surface area (Å²) in [5.74, 6) is 1.54. The summed E-state index contributed by atoms with van der Waals surface area (Å²) in [7, 11) is 4.06. The minimum absolute atomic E-state index is 0.00668. The molecule has 5 nitrogen and oxygen atoms in total. The van der Waals surface area contributed by atoms with E-state index in [0.29, 0.717) is 29.5 Å². The largest absolute Gasteiger partial charge is 0.462 e. The molecule has 0 amide bonds. The number of hydrogen-bond donors (Lipinski definition) is 0. The third kappa shape index (κ3) is 36.2. The second-order valence-electron chi connectivity index (χ2n) is 13.6. The van der Waals surface area contributed by atoms with E-state index >= 15 is 0 Å². The molecule has 0 radical (unpaired) electrons. The van der Waals surface area contributed by atoms with Gasteiger partial charge in [0.2, 0.25) is 0 Å². The highest BCUT2D eigenvalue weighted by atomic mass is 32.2. The topological polar surface area (TPSA) is 63.7 Å². The van der Waals surface area contributed by atoms with Crippen molar-refractivity contribution in [3.8, 4) is 0 Å². The molecule has 0 aromatic carbocycles. The average Bonchev–Trinajstić information content (AvgIpc) is 3.05. The molecule has 0 unspecified atom stereocenters. The minimum atomic E-state index is -0.0634. The first-order chi connectivity index (χ1) is 23.4. The van der Waals surface area contributed by atoms with Crippen molar-refractivity contribution < 1.29 is 19.1 Å². The number of esters is 1. The summed E-state index contributed by atoms with van der Waals surface area (Å²) >= 11 is 2.91. The van der Waals surface area contributed by atoms with Gasteiger partial charge in [-0.1, -0.05) is 139 Å². The quantitative estimate of drug-likeness (QED) is 0.0369. The molecule has 280 valence electrons. The van der Waals surface area contributed by atoms with Crippen LogP contribution in [0.1, 0.15) is 181 Å². The molecule has 0 fully saturated rings. The summed E-state index contributed by atoms with van der Waals surface area (Å²) in [5.41, 5.74) is 0. The number of hydrogen-bond acceptors (Lipinski definition) is 7. The van der Waals surface area contributed by atoms with Crippen molar-refractivity contribution in [1.82, 2.24) is 4.90 Å². The van der Waals surface area contributed by atoms with Crippen LogP contribution in [0.25, 0.3) is 0 Å². The summed E-state index contributed by atoms with van der Waals surface area (Å²) in [5, 5.41) is 0.627. The van der Waals surface area contributed by atoms with E-state index in [1.807, 2.05) is 14.1 Å². The molecular weight excluding hydrogens is 635 g/mol. The zero-order valence-electron chi connectivity index (χ0n) is 31.8. The van der Waals surface area contributed by atoms with Crippen LogP contribution in [0.2, 0.25) is 0 Å². The third-order valence-electron chi connectivity index (χ3n) is 8.56. The highest BCUT2D eigenvalue weighted by Crippen LogP contribution is 2.19. The van der Waals surface area contributed by atoms with Crippen LogP contribution in [0.5, 0.6) is 0 Å². The molecule has 0 aromatic heterocycles. The molecule has 0 rings (SSSR count). The highest BCUT2D eigenvalue weighted by molar-refractivity contribution is 8.14. The summed E-state index contributed by atoms with van der Waals surface area (Å²) in [6.45, 7) is 5.36. The van der Waals surface area contributed by atoms with Crippen molar-refractivity contribution in [1.29, 1.82) is 0 Å². The normalized spacial score (nSPS) is 11.9. The van der Waals surface area contributed by atoms with E-state index < -0.39 is 0 Å². The van der Waals surface area contributed by atoms with Gasteiger partial charge in [-0.05, 0) is 91.3 Å². The van der Waals surface area contributed by atoms with E-state index in [1.54, 1.807) is 0 Å². The van der Waals surface area contributed by atoms with Crippen LogP contribution in [0.3, 0.4) is 0 Å². The molecule has 0 aliphatic heterocycles. The third-order valence-corrected chi connectivity index (χ3v) is 10.3. The second-order valence-corrected chi connectivity index (χ2v) is 15.8. The van der Waals surface area contributed by atoms with Crippen LogP contribution >= 0.6 is 23.5 Å². The number of allylic oxidation sites excluding steroid dienone is 2. The lowest BCUT2D eigenvalue weighted by molar-refractivity contribution is -0.150. The molecule has 7 heteroatoms. The van der Waals surface area contributed by atoms with Gasteiger partial charge in [0.1, 0.15) is 6.10 Å². The highest BCUT2D eigenvalue weighted by Gasteiger charge is 2.14. The fourth-order valence-corrected chi connectivity index (χ4v) is 6.98. The molecule has 0 heterocycles. The Morgan fingerprint density at radius 3 is 1.44 bits per heavy atom. The number of ether oxygens (including phenoxy) is 1. The number of carbonyl (C=O) groups is 3. The molecule has 48 heavy (non-hydrogen) atoms. The van der Waals surface area contributed by atoms with E-state index in [-0.39, 0.29) is 12.1 Å². The smallest absolute Gasteiger partial charge is 0.306 e. The number of rotatable bonds is 35. The molecule has 0 aliphatic carbocycles. The second kappa shape index (κ2) is 37.2. The van der Waals surface area contributed by atoms with Gasteiger partial charge in [-0.15, -0.1) is 0 Å². The first-order valence-electron chi connectivity index (χ1n) is 19.8. The number of thioether (sulfide) groups is 2. The Bertz CT molecular complexity index is 762. The van der Waals surface area contributed by atoms with E-state index in [1.165, 1.54) is 74.9 Å². The van der Waals surface area contributed by atoms with Gasteiger partial charge < -0.3 is 9.64 Å². The summed E-state index contributed by atoms with van der Waals surface area (Å²) in [4.78, 5) is 39.0. The Morgan fingerprint density at radius 2 is 0.979 bits per heavy atom. The van der Waals surface area contributed by atoms with Gasteiger partial charge in [0.25, 0.3) is 0 Å². The number of unbranched alkanes of at least 4 members (excludes halogenated alkanes) is 16. The molecule has 0 saturated carbocycles. The Morgan fingerprint density at radius 1 is 0.542 bits per heavy atom. The van der Waals surface area contributed by atoms with Crippen LogP contribution in [0, 0.1) is 0 Å². The van der Waals surface area contributed by atoms with Crippen LogP contribution in [-0.4, -0.2) is 59.3 Å². The Hall–Kier alpha value is -1.05. The molecule has 0 aromatic rings. The zero-order valence-corrected chi connectivity index (χ0v) is 33.4. The van der Waals surface area contributed by atoms with Crippen molar-refractivity contribution in [2.75, 3.05) is 32.1 Å². The van der Waals surface area contributed by atoms with Crippen molar-refractivity contribution in [3.05, 3.63) is 24.3 Å². The maximum absolute atomic E-state index is 12.5. The van der Waals surface area contributed by atoms with Crippen molar-refractivity contribution in [2.24, 2.45) is 0 Å². The van der Waals surface area contributed by atoms with Gasteiger partial charge in [-0.25, -0.2) is 0 Å². The van der Waals surface area contributed by atoms with Crippen molar-refractivity contribution in [2.45, 2.75) is 187 Å². The van der Waals surface area contributed by atoms with Gasteiger partial charge >= 0.3 is 5.97 Å². The Kier molecular flexibility index (Phi) is 36.4. The van der Waals surface area contributed by atoms with Crippen LogP contribution in [0.15, 0.2) is 24.3 Å². The van der Waals surface area contributed by atoms with Gasteiger partial charge in [0.15, 0.2) is 10.2 Å². The predicted octanol–water partition coefficient (Wildman–Crippen LogP) is 12.3. The molecule has 0 atom stereocenters. The summed E-state index contributed by atoms with van der Waals surface area (Å²) in [6.07, 6.45) is 36.6.